The maximum atomic E-state index is 12.9. The van der Waals surface area contributed by atoms with E-state index in [0.717, 1.165) is 10.0 Å². The Morgan fingerprint density at radius 1 is 0.933 bits per heavy atom. The monoisotopic (exact) mass is 479 g/mol. The number of ether oxygens (including phenoxy) is 1. The van der Waals surface area contributed by atoms with E-state index >= 15 is 0 Å². The Morgan fingerprint density at radius 2 is 1.67 bits per heavy atom. The summed E-state index contributed by atoms with van der Waals surface area (Å²) in [5.74, 6) is -0.886. The number of pyridine rings is 1. The van der Waals surface area contributed by atoms with E-state index in [-0.39, 0.29) is 12.4 Å². The van der Waals surface area contributed by atoms with Crippen molar-refractivity contribution in [1.29, 1.82) is 0 Å². The van der Waals surface area contributed by atoms with Gasteiger partial charge in [0, 0.05) is 21.0 Å². The Kier molecular flexibility index (Phi) is 5.93. The first-order chi connectivity index (χ1) is 14.5. The minimum absolute atomic E-state index is 0.282. The molecule has 6 heteroatoms. The summed E-state index contributed by atoms with van der Waals surface area (Å²) in [6, 6.07) is 23.3. The molecule has 4 aromatic rings. The summed E-state index contributed by atoms with van der Waals surface area (Å²) in [7, 11) is 0. The molecule has 0 saturated carbocycles. The Hall–Kier alpha value is -3.02. The molecular formula is C24H15BrClNO3. The zero-order valence-corrected chi connectivity index (χ0v) is 18.0. The topological polar surface area (TPSA) is 56.3 Å². The number of carbonyl (C=O) groups is 2. The second-order valence-corrected chi connectivity index (χ2v) is 7.89. The van der Waals surface area contributed by atoms with Crippen LogP contribution in [0.5, 0.6) is 0 Å². The van der Waals surface area contributed by atoms with Crippen molar-refractivity contribution in [2.75, 3.05) is 6.61 Å². The molecule has 0 spiro atoms. The molecule has 0 aliphatic rings. The summed E-state index contributed by atoms with van der Waals surface area (Å²) in [6.07, 6.45) is 0. The summed E-state index contributed by atoms with van der Waals surface area (Å²) in [5.41, 5.74) is 2.73. The van der Waals surface area contributed by atoms with E-state index in [9.17, 15) is 9.59 Å². The van der Waals surface area contributed by atoms with Gasteiger partial charge in [0.1, 0.15) is 0 Å². The number of hydrogen-bond donors (Lipinski definition) is 0. The zero-order valence-electron chi connectivity index (χ0n) is 15.6. The summed E-state index contributed by atoms with van der Waals surface area (Å²) in [4.78, 5) is 29.9. The molecule has 0 N–H and O–H groups in total. The molecule has 0 aliphatic carbocycles. The molecule has 0 radical (unpaired) electrons. The minimum Gasteiger partial charge on any atom is -0.454 e. The van der Waals surface area contributed by atoms with Crippen LogP contribution in [-0.2, 0) is 4.74 Å². The SMILES string of the molecule is O=C(COC(=O)c1cc(-c2ccccc2)nc2c(Cl)cccc12)c1ccc(Br)cc1. The number of carbonyl (C=O) groups excluding carboxylic acids is 2. The maximum absolute atomic E-state index is 12.9. The van der Waals surface area contributed by atoms with Gasteiger partial charge in [-0.1, -0.05) is 82.1 Å². The fraction of sp³-hybridized carbons (Fsp3) is 0.0417. The van der Waals surface area contributed by atoms with Gasteiger partial charge >= 0.3 is 5.97 Å². The van der Waals surface area contributed by atoms with Gasteiger partial charge in [0.2, 0.25) is 0 Å². The van der Waals surface area contributed by atoms with Crippen molar-refractivity contribution in [3.8, 4) is 11.3 Å². The van der Waals surface area contributed by atoms with Gasteiger partial charge in [0.05, 0.1) is 21.8 Å². The summed E-state index contributed by atoms with van der Waals surface area (Å²) >= 11 is 9.67. The summed E-state index contributed by atoms with van der Waals surface area (Å²) in [5, 5.41) is 1.01. The minimum atomic E-state index is -0.604. The standard InChI is InChI=1S/C24H15BrClNO3/c25-17-11-9-16(10-12-17)22(28)14-30-24(29)19-13-21(15-5-2-1-3-6-15)27-23-18(19)7-4-8-20(23)26/h1-13H,14H2. The molecule has 0 atom stereocenters. The number of nitrogens with zero attached hydrogens (tertiary/aromatic N) is 1. The third-order valence-corrected chi connectivity index (χ3v) is 5.41. The zero-order chi connectivity index (χ0) is 21.1. The normalized spacial score (nSPS) is 10.7. The van der Waals surface area contributed by atoms with Crippen molar-refractivity contribution >= 4 is 50.2 Å². The molecule has 148 valence electrons. The van der Waals surface area contributed by atoms with Crippen molar-refractivity contribution in [2.24, 2.45) is 0 Å². The number of halogens is 2. The van der Waals surface area contributed by atoms with E-state index in [2.05, 4.69) is 20.9 Å². The fourth-order valence-corrected chi connectivity index (χ4v) is 3.55. The Labute approximate surface area is 186 Å². The Balaban J connectivity index is 1.66. The Bertz CT molecular complexity index is 1240. The third kappa shape index (κ3) is 4.27. The van der Waals surface area contributed by atoms with Gasteiger partial charge in [-0.3, -0.25) is 4.79 Å². The van der Waals surface area contributed by atoms with Crippen LogP contribution in [0.25, 0.3) is 22.2 Å². The fourth-order valence-electron chi connectivity index (χ4n) is 3.07. The first kappa shape index (κ1) is 20.3. The second kappa shape index (κ2) is 8.78. The molecule has 4 rings (SSSR count). The molecular weight excluding hydrogens is 466 g/mol. The van der Waals surface area contributed by atoms with Crippen LogP contribution < -0.4 is 0 Å². The van der Waals surface area contributed by atoms with Crippen LogP contribution >= 0.6 is 27.5 Å². The average Bonchev–Trinajstić information content (AvgIpc) is 2.78. The number of fused-ring (bicyclic) bond motifs is 1. The van der Waals surface area contributed by atoms with E-state index in [1.165, 1.54) is 0 Å². The molecule has 0 unspecified atom stereocenters. The number of benzene rings is 3. The van der Waals surface area contributed by atoms with Crippen LogP contribution in [0.4, 0.5) is 0 Å². The van der Waals surface area contributed by atoms with E-state index in [0.29, 0.717) is 32.7 Å². The highest BCUT2D eigenvalue weighted by Crippen LogP contribution is 2.29. The van der Waals surface area contributed by atoms with Crippen molar-refractivity contribution in [1.82, 2.24) is 4.98 Å². The lowest BCUT2D eigenvalue weighted by atomic mass is 10.0. The van der Waals surface area contributed by atoms with Crippen molar-refractivity contribution < 1.29 is 14.3 Å². The highest BCUT2D eigenvalue weighted by Gasteiger charge is 2.18. The highest BCUT2D eigenvalue weighted by molar-refractivity contribution is 9.10. The van der Waals surface area contributed by atoms with Gasteiger partial charge in [-0.2, -0.15) is 0 Å². The predicted octanol–water partition coefficient (Wildman–Crippen LogP) is 6.36. The second-order valence-electron chi connectivity index (χ2n) is 6.56. The van der Waals surface area contributed by atoms with E-state index in [1.807, 2.05) is 30.3 Å². The van der Waals surface area contributed by atoms with Gasteiger partial charge in [-0.05, 0) is 24.3 Å². The first-order valence-electron chi connectivity index (χ1n) is 9.13. The van der Waals surface area contributed by atoms with Gasteiger partial charge in [-0.15, -0.1) is 0 Å². The number of para-hydroxylation sites is 1. The largest absolute Gasteiger partial charge is 0.454 e. The number of rotatable bonds is 5. The van der Waals surface area contributed by atoms with Crippen molar-refractivity contribution in [3.05, 3.63) is 99.5 Å². The number of Topliss-reactive ketones (excluding diaryl/α,β-unsaturated/α-hetero) is 1. The highest BCUT2D eigenvalue weighted by atomic mass is 79.9. The van der Waals surface area contributed by atoms with E-state index in [1.54, 1.807) is 48.5 Å². The van der Waals surface area contributed by atoms with Crippen molar-refractivity contribution in [2.45, 2.75) is 0 Å². The quantitative estimate of drug-likeness (QED) is 0.246. The first-order valence-corrected chi connectivity index (χ1v) is 10.3. The molecule has 1 aromatic heterocycles. The van der Waals surface area contributed by atoms with Gasteiger partial charge in [0.15, 0.2) is 12.4 Å². The average molecular weight is 481 g/mol. The molecule has 0 bridgehead atoms. The molecule has 0 saturated heterocycles. The van der Waals surface area contributed by atoms with Crippen LogP contribution in [0.3, 0.4) is 0 Å². The molecule has 0 fully saturated rings. The number of aromatic nitrogens is 1. The number of ketones is 1. The van der Waals surface area contributed by atoms with E-state index in [4.69, 9.17) is 16.3 Å². The van der Waals surface area contributed by atoms with Gasteiger partial charge in [-0.25, -0.2) is 9.78 Å². The van der Waals surface area contributed by atoms with Crippen LogP contribution in [0.15, 0.2) is 83.3 Å². The molecule has 4 nitrogen and oxygen atoms in total. The van der Waals surface area contributed by atoms with Crippen LogP contribution in [0.1, 0.15) is 20.7 Å². The van der Waals surface area contributed by atoms with Gasteiger partial charge in [0.25, 0.3) is 0 Å². The van der Waals surface area contributed by atoms with Gasteiger partial charge < -0.3 is 4.74 Å². The maximum Gasteiger partial charge on any atom is 0.339 e. The summed E-state index contributed by atoms with van der Waals surface area (Å²) < 4.78 is 6.21. The lowest BCUT2D eigenvalue weighted by Gasteiger charge is -2.11. The molecule has 3 aromatic carbocycles. The molecule has 1 heterocycles. The van der Waals surface area contributed by atoms with Crippen LogP contribution in [-0.4, -0.2) is 23.3 Å². The molecule has 0 aliphatic heterocycles. The lowest BCUT2D eigenvalue weighted by Crippen LogP contribution is -2.15. The number of hydrogen-bond acceptors (Lipinski definition) is 4. The molecule has 0 amide bonds. The Morgan fingerprint density at radius 3 is 2.40 bits per heavy atom. The predicted molar refractivity (Wildman–Crippen MR) is 121 cm³/mol. The molecule has 30 heavy (non-hydrogen) atoms. The number of esters is 1. The lowest BCUT2D eigenvalue weighted by molar-refractivity contribution is 0.0476. The third-order valence-electron chi connectivity index (χ3n) is 4.58. The van der Waals surface area contributed by atoms with Crippen molar-refractivity contribution in [3.63, 3.8) is 0 Å². The van der Waals surface area contributed by atoms with Crippen LogP contribution in [0.2, 0.25) is 5.02 Å². The smallest absolute Gasteiger partial charge is 0.339 e. The van der Waals surface area contributed by atoms with E-state index < -0.39 is 5.97 Å². The van der Waals surface area contributed by atoms with Crippen LogP contribution in [0, 0.1) is 0 Å². The summed E-state index contributed by atoms with van der Waals surface area (Å²) in [6.45, 7) is -0.356.